The van der Waals surface area contributed by atoms with Crippen LogP contribution in [0, 0.1) is 0 Å². The summed E-state index contributed by atoms with van der Waals surface area (Å²) < 4.78 is 1.61. The number of carbonyl (C=O) groups is 1. The maximum Gasteiger partial charge on any atom is 0.262 e. The first-order valence-corrected chi connectivity index (χ1v) is 12.5. The average Bonchev–Trinajstić information content (AvgIpc) is 3.13. The smallest absolute Gasteiger partial charge is 0.262 e. The number of unbranched alkanes of at least 4 members (excludes halogenated alkanes) is 1. The lowest BCUT2D eigenvalue weighted by molar-refractivity contribution is -0.121. The molecule has 1 fully saturated rings. The summed E-state index contributed by atoms with van der Waals surface area (Å²) in [5.74, 6) is 0.0145. The number of likely N-dealkylation sites (tertiary alicyclic amines) is 1. The summed E-state index contributed by atoms with van der Waals surface area (Å²) in [4.78, 5) is 34.4. The summed E-state index contributed by atoms with van der Waals surface area (Å²) >= 11 is 1.67. The molecule has 1 atom stereocenters. The molecule has 0 bridgehead atoms. The number of aromatic nitrogens is 2. The van der Waals surface area contributed by atoms with Crippen LogP contribution < -0.4 is 10.9 Å². The second-order valence-corrected chi connectivity index (χ2v) is 9.91. The zero-order valence-electron chi connectivity index (χ0n) is 18.1. The van der Waals surface area contributed by atoms with E-state index in [1.165, 1.54) is 42.7 Å². The van der Waals surface area contributed by atoms with Gasteiger partial charge < -0.3 is 10.2 Å². The number of carbonyl (C=O) groups excluding carboxylic acids is 1. The number of hydrogen-bond donors (Lipinski definition) is 1. The fourth-order valence-corrected chi connectivity index (χ4v) is 6.03. The van der Waals surface area contributed by atoms with Crippen LogP contribution in [0.25, 0.3) is 10.2 Å². The van der Waals surface area contributed by atoms with E-state index in [1.54, 1.807) is 22.2 Å². The van der Waals surface area contributed by atoms with E-state index in [1.807, 2.05) is 0 Å². The third-order valence-electron chi connectivity index (χ3n) is 6.66. The van der Waals surface area contributed by atoms with Crippen LogP contribution in [0.2, 0.25) is 0 Å². The Morgan fingerprint density at radius 2 is 2.07 bits per heavy atom. The van der Waals surface area contributed by atoms with Crippen molar-refractivity contribution in [1.29, 1.82) is 0 Å². The third-order valence-corrected chi connectivity index (χ3v) is 7.86. The molecule has 1 aliphatic heterocycles. The normalized spacial score (nSPS) is 19.7. The van der Waals surface area contributed by atoms with Crippen LogP contribution in [0.15, 0.2) is 11.1 Å². The van der Waals surface area contributed by atoms with Gasteiger partial charge in [-0.3, -0.25) is 14.2 Å². The Balaban J connectivity index is 1.22. The quantitative estimate of drug-likeness (QED) is 0.651. The van der Waals surface area contributed by atoms with Crippen LogP contribution in [0.3, 0.4) is 0 Å². The molecule has 0 aromatic carbocycles. The van der Waals surface area contributed by atoms with Crippen molar-refractivity contribution < 1.29 is 4.79 Å². The van der Waals surface area contributed by atoms with Gasteiger partial charge in [0.15, 0.2) is 0 Å². The summed E-state index contributed by atoms with van der Waals surface area (Å²) in [6.07, 6.45) is 12.4. The largest absolute Gasteiger partial charge is 0.356 e. The molecule has 6 nitrogen and oxygen atoms in total. The van der Waals surface area contributed by atoms with Gasteiger partial charge >= 0.3 is 0 Å². The minimum atomic E-state index is 0.0145. The monoisotopic (exact) mass is 430 g/mol. The van der Waals surface area contributed by atoms with Gasteiger partial charge in [0.2, 0.25) is 5.91 Å². The molecule has 1 amide bonds. The van der Waals surface area contributed by atoms with Crippen LogP contribution in [-0.4, -0.2) is 46.0 Å². The van der Waals surface area contributed by atoms with E-state index in [4.69, 9.17) is 0 Å². The Morgan fingerprint density at radius 3 is 2.93 bits per heavy atom. The molecule has 2 aliphatic rings. The first kappa shape index (κ1) is 21.5. The number of amides is 1. The highest BCUT2D eigenvalue weighted by Gasteiger charge is 2.20. The Kier molecular flexibility index (Phi) is 7.20. The summed E-state index contributed by atoms with van der Waals surface area (Å²) in [6.45, 7) is 5.77. The zero-order valence-corrected chi connectivity index (χ0v) is 18.9. The lowest BCUT2D eigenvalue weighted by atomic mass is 9.97. The fourth-order valence-electron chi connectivity index (χ4n) is 4.81. The first-order valence-electron chi connectivity index (χ1n) is 11.6. The molecule has 7 heteroatoms. The molecular weight excluding hydrogens is 396 g/mol. The maximum atomic E-state index is 12.9. The van der Waals surface area contributed by atoms with E-state index in [0.29, 0.717) is 25.6 Å². The van der Waals surface area contributed by atoms with Crippen molar-refractivity contribution in [3.63, 3.8) is 0 Å². The second kappa shape index (κ2) is 10.1. The van der Waals surface area contributed by atoms with E-state index in [-0.39, 0.29) is 11.5 Å². The predicted molar refractivity (Wildman–Crippen MR) is 122 cm³/mol. The molecule has 1 saturated heterocycles. The lowest BCUT2D eigenvalue weighted by Crippen LogP contribution is -2.38. The molecule has 0 spiro atoms. The van der Waals surface area contributed by atoms with Crippen LogP contribution in [-0.2, 0) is 24.2 Å². The average molecular weight is 431 g/mol. The highest BCUT2D eigenvalue weighted by atomic mass is 32.1. The van der Waals surface area contributed by atoms with Crippen molar-refractivity contribution in [1.82, 2.24) is 19.8 Å². The molecule has 3 heterocycles. The van der Waals surface area contributed by atoms with Gasteiger partial charge in [-0.1, -0.05) is 6.42 Å². The number of nitrogens with one attached hydrogen (secondary N) is 1. The van der Waals surface area contributed by atoms with Crippen LogP contribution in [0.5, 0.6) is 0 Å². The summed E-state index contributed by atoms with van der Waals surface area (Å²) in [7, 11) is 0. The number of piperidine rings is 1. The van der Waals surface area contributed by atoms with Gasteiger partial charge in [-0.2, -0.15) is 0 Å². The standard InChI is InChI=1S/C23H34N4O2S/c1-17-8-4-6-13-26(17)14-7-5-12-24-20(28)11-15-27-16-25-22-21(23(27)29)18-9-2-3-10-19(18)30-22/h16-17H,2-15H2,1H3,(H,24,28)/t17-/m0/s1. The SMILES string of the molecule is C[C@H]1CCCCN1CCCCNC(=O)CCn1cnc2sc3c(c2c1=O)CCCC3. The van der Waals surface area contributed by atoms with Crippen LogP contribution in [0.1, 0.15) is 68.7 Å². The van der Waals surface area contributed by atoms with Crippen molar-refractivity contribution in [2.45, 2.75) is 83.7 Å². The Bertz CT molecular complexity index is 935. The summed E-state index contributed by atoms with van der Waals surface area (Å²) in [5, 5.41) is 3.81. The Hall–Kier alpha value is -1.73. The maximum absolute atomic E-state index is 12.9. The highest BCUT2D eigenvalue weighted by molar-refractivity contribution is 7.18. The molecular formula is C23H34N4O2S. The number of aryl methyl sites for hydroxylation is 3. The van der Waals surface area contributed by atoms with Gasteiger partial charge in [0.25, 0.3) is 5.56 Å². The Morgan fingerprint density at radius 1 is 1.20 bits per heavy atom. The van der Waals surface area contributed by atoms with Gasteiger partial charge in [-0.15, -0.1) is 11.3 Å². The molecule has 4 rings (SSSR count). The highest BCUT2D eigenvalue weighted by Crippen LogP contribution is 2.33. The van der Waals surface area contributed by atoms with Crippen LogP contribution >= 0.6 is 11.3 Å². The summed E-state index contributed by atoms with van der Waals surface area (Å²) in [5.41, 5.74) is 1.23. The van der Waals surface area contributed by atoms with Gasteiger partial charge in [-0.25, -0.2) is 4.98 Å². The minimum absolute atomic E-state index is 0.0145. The summed E-state index contributed by atoms with van der Waals surface area (Å²) in [6, 6.07) is 0.700. The number of nitrogens with zero attached hydrogens (tertiary/aromatic N) is 3. The number of hydrogen-bond acceptors (Lipinski definition) is 5. The molecule has 2 aromatic rings. The topological polar surface area (TPSA) is 67.2 Å². The molecule has 1 aliphatic carbocycles. The second-order valence-electron chi connectivity index (χ2n) is 8.82. The molecule has 1 N–H and O–H groups in total. The van der Waals surface area contributed by atoms with Crippen molar-refractivity contribution in [2.75, 3.05) is 19.6 Å². The van der Waals surface area contributed by atoms with Gasteiger partial charge in [0, 0.05) is 30.4 Å². The van der Waals surface area contributed by atoms with Crippen LogP contribution in [0.4, 0.5) is 0 Å². The fraction of sp³-hybridized carbons (Fsp3) is 0.696. The number of fused-ring (bicyclic) bond motifs is 3. The van der Waals surface area contributed by atoms with E-state index in [0.717, 1.165) is 48.9 Å². The van der Waals surface area contributed by atoms with Crippen molar-refractivity contribution in [3.05, 3.63) is 27.1 Å². The third kappa shape index (κ3) is 4.94. The molecule has 0 unspecified atom stereocenters. The van der Waals surface area contributed by atoms with E-state index in [2.05, 4.69) is 22.1 Å². The minimum Gasteiger partial charge on any atom is -0.356 e. The number of thiophene rings is 1. The molecule has 0 radical (unpaired) electrons. The molecule has 30 heavy (non-hydrogen) atoms. The zero-order chi connectivity index (χ0) is 20.9. The van der Waals surface area contributed by atoms with E-state index in [9.17, 15) is 9.59 Å². The molecule has 164 valence electrons. The van der Waals surface area contributed by atoms with Crippen molar-refractivity contribution in [3.8, 4) is 0 Å². The molecule has 0 saturated carbocycles. The molecule has 2 aromatic heterocycles. The van der Waals surface area contributed by atoms with E-state index < -0.39 is 0 Å². The first-order chi connectivity index (χ1) is 14.6. The predicted octanol–water partition coefficient (Wildman–Crippen LogP) is 3.50. The number of rotatable bonds is 8. The van der Waals surface area contributed by atoms with Gasteiger partial charge in [0.05, 0.1) is 11.7 Å². The van der Waals surface area contributed by atoms with Gasteiger partial charge in [-0.05, 0) is 76.9 Å². The van der Waals surface area contributed by atoms with Crippen molar-refractivity contribution in [2.24, 2.45) is 0 Å². The van der Waals surface area contributed by atoms with Crippen molar-refractivity contribution >= 4 is 27.5 Å². The van der Waals surface area contributed by atoms with E-state index >= 15 is 0 Å². The Labute approximate surface area is 182 Å². The van der Waals surface area contributed by atoms with Gasteiger partial charge in [0.1, 0.15) is 4.83 Å². The lowest BCUT2D eigenvalue weighted by Gasteiger charge is -2.33.